The maximum absolute atomic E-state index is 11.7. The fourth-order valence-corrected chi connectivity index (χ4v) is 3.98. The van der Waals surface area contributed by atoms with Crippen LogP contribution in [0.2, 0.25) is 0 Å². The number of likely N-dealkylation sites (tertiary alicyclic amines) is 1. The smallest absolute Gasteiger partial charge is 0.228 e. The number of para-hydroxylation sites is 3. The third-order valence-corrected chi connectivity index (χ3v) is 5.76. The van der Waals surface area contributed by atoms with E-state index in [0.29, 0.717) is 18.0 Å². The summed E-state index contributed by atoms with van der Waals surface area (Å²) in [7, 11) is 1.60. The van der Waals surface area contributed by atoms with Crippen LogP contribution in [-0.4, -0.2) is 66.9 Å². The number of amides is 1. The molecular formula is C24H33N3O4. The molecule has 0 radical (unpaired) electrons. The first-order chi connectivity index (χ1) is 15.0. The molecule has 0 aromatic heterocycles. The molecule has 1 heterocycles. The number of aryl methyl sites for hydroxylation is 2. The van der Waals surface area contributed by atoms with Crippen LogP contribution < -0.4 is 14.9 Å². The van der Waals surface area contributed by atoms with Gasteiger partial charge < -0.3 is 19.5 Å². The number of anilines is 1. The number of aliphatic hydroxyl groups is 1. The van der Waals surface area contributed by atoms with Crippen molar-refractivity contribution in [1.82, 2.24) is 9.91 Å². The molecule has 1 fully saturated rings. The van der Waals surface area contributed by atoms with Crippen LogP contribution in [0.5, 0.6) is 11.5 Å². The van der Waals surface area contributed by atoms with Crippen molar-refractivity contribution in [2.45, 2.75) is 38.8 Å². The summed E-state index contributed by atoms with van der Waals surface area (Å²) in [6.45, 7) is 6.44. The molecule has 1 saturated heterocycles. The van der Waals surface area contributed by atoms with Gasteiger partial charge in [0.05, 0.1) is 18.8 Å². The van der Waals surface area contributed by atoms with Crippen molar-refractivity contribution in [2.75, 3.05) is 38.8 Å². The van der Waals surface area contributed by atoms with Crippen LogP contribution >= 0.6 is 0 Å². The van der Waals surface area contributed by atoms with Crippen molar-refractivity contribution in [1.29, 1.82) is 0 Å². The zero-order valence-corrected chi connectivity index (χ0v) is 18.6. The number of carbonyl (C=O) groups excluding carboxylic acids is 1. The number of benzene rings is 2. The van der Waals surface area contributed by atoms with Gasteiger partial charge in [-0.3, -0.25) is 15.2 Å². The van der Waals surface area contributed by atoms with Crippen LogP contribution in [0.1, 0.15) is 24.0 Å². The molecule has 7 heteroatoms. The molecule has 0 bridgehead atoms. The fourth-order valence-electron chi connectivity index (χ4n) is 3.98. The van der Waals surface area contributed by atoms with Crippen molar-refractivity contribution in [3.63, 3.8) is 0 Å². The summed E-state index contributed by atoms with van der Waals surface area (Å²) in [5, 5.41) is 12.1. The number of piperidine rings is 1. The lowest BCUT2D eigenvalue weighted by atomic mass is 10.0. The maximum Gasteiger partial charge on any atom is 0.228 e. The van der Waals surface area contributed by atoms with Gasteiger partial charge in [0, 0.05) is 19.6 Å². The Morgan fingerprint density at radius 3 is 2.39 bits per heavy atom. The van der Waals surface area contributed by atoms with E-state index in [2.05, 4.69) is 10.3 Å². The van der Waals surface area contributed by atoms with Crippen LogP contribution in [0.3, 0.4) is 0 Å². The number of nitrogens with zero attached hydrogens (tertiary/aromatic N) is 2. The van der Waals surface area contributed by atoms with Crippen LogP contribution in [0, 0.1) is 13.8 Å². The molecule has 0 aliphatic carbocycles. The quantitative estimate of drug-likeness (QED) is 0.449. The van der Waals surface area contributed by atoms with Crippen molar-refractivity contribution in [3.05, 3.63) is 53.6 Å². The Balaban J connectivity index is 1.46. The molecule has 1 aliphatic rings. The van der Waals surface area contributed by atoms with E-state index in [0.717, 1.165) is 49.2 Å². The maximum atomic E-state index is 11.7. The van der Waals surface area contributed by atoms with Gasteiger partial charge in [-0.2, -0.15) is 0 Å². The first kappa shape index (κ1) is 22.9. The van der Waals surface area contributed by atoms with E-state index < -0.39 is 6.10 Å². The molecule has 1 aliphatic heterocycles. The summed E-state index contributed by atoms with van der Waals surface area (Å²) in [6.07, 6.45) is 1.96. The lowest BCUT2D eigenvalue weighted by Gasteiger charge is -2.38. The second-order valence-corrected chi connectivity index (χ2v) is 8.04. The average molecular weight is 428 g/mol. The predicted molar refractivity (Wildman–Crippen MR) is 121 cm³/mol. The van der Waals surface area contributed by atoms with E-state index in [1.165, 1.54) is 0 Å². The van der Waals surface area contributed by atoms with Gasteiger partial charge in [-0.15, -0.1) is 0 Å². The normalized spacial score (nSPS) is 15.9. The molecule has 1 amide bonds. The van der Waals surface area contributed by atoms with Gasteiger partial charge >= 0.3 is 0 Å². The SMILES string of the molecule is COc1ccccc1OCC(O)CN1CCC(N(C=O)Nc2c(C)cccc2C)CC1. The zero-order valence-electron chi connectivity index (χ0n) is 18.6. The molecule has 3 rings (SSSR count). The highest BCUT2D eigenvalue weighted by molar-refractivity contribution is 5.60. The van der Waals surface area contributed by atoms with Gasteiger partial charge in [0.2, 0.25) is 6.41 Å². The molecule has 2 aromatic carbocycles. The van der Waals surface area contributed by atoms with Gasteiger partial charge in [-0.25, -0.2) is 0 Å². The summed E-state index contributed by atoms with van der Waals surface area (Å²) in [6, 6.07) is 13.6. The number of rotatable bonds is 10. The molecule has 168 valence electrons. The van der Waals surface area contributed by atoms with E-state index in [9.17, 15) is 9.90 Å². The number of β-amino-alcohol motifs (C(OH)–C–C–N with tert-alkyl or cyclic N) is 1. The van der Waals surface area contributed by atoms with Crippen LogP contribution in [0.25, 0.3) is 0 Å². The number of nitrogens with one attached hydrogen (secondary N) is 1. The molecule has 0 saturated carbocycles. The standard InChI is InChI=1S/C24H33N3O4/c1-18-7-6-8-19(2)24(18)25-27(17-28)20-11-13-26(14-12-20)15-21(29)16-31-23-10-5-4-9-22(23)30-3/h4-10,17,20-21,25,29H,11-16H2,1-3H3. The second kappa shape index (κ2) is 11.0. The lowest BCUT2D eigenvalue weighted by molar-refractivity contribution is -0.119. The Hall–Kier alpha value is -2.77. The number of carbonyl (C=O) groups is 1. The van der Waals surface area contributed by atoms with Gasteiger partial charge in [-0.05, 0) is 49.9 Å². The van der Waals surface area contributed by atoms with Crippen molar-refractivity contribution >= 4 is 12.1 Å². The van der Waals surface area contributed by atoms with Crippen LogP contribution in [0.15, 0.2) is 42.5 Å². The number of hydrogen-bond donors (Lipinski definition) is 2. The fraction of sp³-hybridized carbons (Fsp3) is 0.458. The Morgan fingerprint density at radius 2 is 1.77 bits per heavy atom. The molecule has 31 heavy (non-hydrogen) atoms. The summed E-state index contributed by atoms with van der Waals surface area (Å²) >= 11 is 0. The van der Waals surface area contributed by atoms with E-state index in [4.69, 9.17) is 9.47 Å². The molecular weight excluding hydrogens is 394 g/mol. The Labute approximate surface area is 184 Å². The number of hydrogen-bond acceptors (Lipinski definition) is 6. The van der Waals surface area contributed by atoms with Crippen molar-refractivity contribution < 1.29 is 19.4 Å². The molecule has 2 N–H and O–H groups in total. The lowest BCUT2D eigenvalue weighted by Crippen LogP contribution is -2.48. The summed E-state index contributed by atoms with van der Waals surface area (Å²) in [5.41, 5.74) is 6.52. The first-order valence-corrected chi connectivity index (χ1v) is 10.7. The minimum atomic E-state index is -0.601. The predicted octanol–water partition coefficient (Wildman–Crippen LogP) is 3.00. The van der Waals surface area contributed by atoms with Crippen molar-refractivity contribution in [3.8, 4) is 11.5 Å². The van der Waals surface area contributed by atoms with E-state index >= 15 is 0 Å². The third kappa shape index (κ3) is 6.12. The zero-order chi connectivity index (χ0) is 22.2. The van der Waals surface area contributed by atoms with Crippen molar-refractivity contribution in [2.24, 2.45) is 0 Å². The van der Waals surface area contributed by atoms with E-state index in [1.807, 2.05) is 56.3 Å². The van der Waals surface area contributed by atoms with E-state index in [-0.39, 0.29) is 12.6 Å². The molecule has 7 nitrogen and oxygen atoms in total. The number of aliphatic hydroxyl groups excluding tert-OH is 1. The molecule has 1 unspecified atom stereocenters. The van der Waals surface area contributed by atoms with Gasteiger partial charge in [-0.1, -0.05) is 30.3 Å². The summed E-state index contributed by atoms with van der Waals surface area (Å²) in [5.74, 6) is 1.28. The second-order valence-electron chi connectivity index (χ2n) is 8.04. The summed E-state index contributed by atoms with van der Waals surface area (Å²) in [4.78, 5) is 14.0. The number of hydrazine groups is 1. The Kier molecular flexibility index (Phi) is 8.14. The molecule has 1 atom stereocenters. The Bertz CT molecular complexity index is 832. The summed E-state index contributed by atoms with van der Waals surface area (Å²) < 4.78 is 11.0. The highest BCUT2D eigenvalue weighted by Crippen LogP contribution is 2.26. The highest BCUT2D eigenvalue weighted by Gasteiger charge is 2.26. The number of ether oxygens (including phenoxy) is 2. The highest BCUT2D eigenvalue weighted by atomic mass is 16.5. The average Bonchev–Trinajstić information content (AvgIpc) is 2.78. The van der Waals surface area contributed by atoms with Crippen LogP contribution in [0.4, 0.5) is 5.69 Å². The molecule has 2 aromatic rings. The monoisotopic (exact) mass is 427 g/mol. The first-order valence-electron chi connectivity index (χ1n) is 10.7. The van der Waals surface area contributed by atoms with E-state index in [1.54, 1.807) is 12.1 Å². The third-order valence-electron chi connectivity index (χ3n) is 5.76. The topological polar surface area (TPSA) is 74.3 Å². The van der Waals surface area contributed by atoms with Crippen LogP contribution in [-0.2, 0) is 4.79 Å². The number of methoxy groups -OCH3 is 1. The molecule has 0 spiro atoms. The van der Waals surface area contributed by atoms with Gasteiger partial charge in [0.15, 0.2) is 11.5 Å². The largest absolute Gasteiger partial charge is 0.493 e. The van der Waals surface area contributed by atoms with Gasteiger partial charge in [0.1, 0.15) is 12.7 Å². The minimum absolute atomic E-state index is 0.120. The Morgan fingerprint density at radius 1 is 1.13 bits per heavy atom. The minimum Gasteiger partial charge on any atom is -0.493 e. The van der Waals surface area contributed by atoms with Gasteiger partial charge in [0.25, 0.3) is 0 Å².